The van der Waals surface area contributed by atoms with Gasteiger partial charge in [0, 0.05) is 13.1 Å². The standard InChI is InChI=1S/C29H28N2O6/c30-24-25-22(35-27(32)19-10-4-1-5-11-19)16-17-31(25)18-23(36-28(33)20-12-6-2-7-13-20)26(24)37-29(34)21-14-8-3-9-15-21/h1-15,22-26H,16-18,30H2/t22-,23-,24+,25+,26+/m0/s1. The fraction of sp³-hybridized carbons (Fsp3) is 0.276. The summed E-state index contributed by atoms with van der Waals surface area (Å²) in [6, 6.07) is 24.8. The zero-order chi connectivity index (χ0) is 25.8. The van der Waals surface area contributed by atoms with Crippen LogP contribution >= 0.6 is 0 Å². The molecule has 0 unspecified atom stereocenters. The number of ether oxygens (including phenoxy) is 3. The first-order chi connectivity index (χ1) is 18.0. The number of hydrogen-bond donors (Lipinski definition) is 1. The van der Waals surface area contributed by atoms with Gasteiger partial charge in [0.1, 0.15) is 6.10 Å². The fourth-order valence-corrected chi connectivity index (χ4v) is 5.04. The third kappa shape index (κ3) is 5.40. The Kier molecular flexibility index (Phi) is 7.30. The molecule has 37 heavy (non-hydrogen) atoms. The van der Waals surface area contributed by atoms with Gasteiger partial charge in [-0.15, -0.1) is 0 Å². The Balaban J connectivity index is 1.37. The largest absolute Gasteiger partial charge is 0.457 e. The van der Waals surface area contributed by atoms with E-state index in [1.165, 1.54) is 0 Å². The Morgan fingerprint density at radius 1 is 0.649 bits per heavy atom. The van der Waals surface area contributed by atoms with Crippen molar-refractivity contribution in [1.29, 1.82) is 0 Å². The van der Waals surface area contributed by atoms with E-state index in [1.54, 1.807) is 78.9 Å². The zero-order valence-electron chi connectivity index (χ0n) is 20.1. The van der Waals surface area contributed by atoms with Gasteiger partial charge in [-0.3, -0.25) is 4.90 Å². The van der Waals surface area contributed by atoms with Crippen molar-refractivity contribution in [2.24, 2.45) is 5.73 Å². The van der Waals surface area contributed by atoms with Crippen molar-refractivity contribution in [1.82, 2.24) is 4.90 Å². The maximum absolute atomic E-state index is 13.0. The molecule has 3 aromatic carbocycles. The minimum atomic E-state index is -0.933. The number of rotatable bonds is 6. The predicted molar refractivity (Wildman–Crippen MR) is 135 cm³/mol. The van der Waals surface area contributed by atoms with Crippen molar-refractivity contribution < 1.29 is 28.6 Å². The van der Waals surface area contributed by atoms with Gasteiger partial charge >= 0.3 is 17.9 Å². The molecule has 8 heteroatoms. The van der Waals surface area contributed by atoms with Gasteiger partial charge < -0.3 is 19.9 Å². The molecular formula is C29H28N2O6. The first-order valence-corrected chi connectivity index (χ1v) is 12.3. The van der Waals surface area contributed by atoms with Gasteiger partial charge in [0.2, 0.25) is 0 Å². The van der Waals surface area contributed by atoms with Crippen LogP contribution in [0.25, 0.3) is 0 Å². The first kappa shape index (κ1) is 24.7. The maximum atomic E-state index is 13.0. The lowest BCUT2D eigenvalue weighted by Gasteiger charge is -2.44. The molecule has 5 rings (SSSR count). The van der Waals surface area contributed by atoms with Gasteiger partial charge in [-0.2, -0.15) is 0 Å². The molecule has 0 radical (unpaired) electrons. The van der Waals surface area contributed by atoms with E-state index in [0.29, 0.717) is 36.2 Å². The Morgan fingerprint density at radius 2 is 1.08 bits per heavy atom. The van der Waals surface area contributed by atoms with Crippen LogP contribution in [-0.4, -0.2) is 66.3 Å². The van der Waals surface area contributed by atoms with Crippen molar-refractivity contribution in [3.63, 3.8) is 0 Å². The lowest BCUT2D eigenvalue weighted by Crippen LogP contribution is -2.66. The zero-order valence-corrected chi connectivity index (χ0v) is 20.1. The highest BCUT2D eigenvalue weighted by Gasteiger charge is 2.52. The van der Waals surface area contributed by atoms with E-state index in [4.69, 9.17) is 19.9 Å². The summed E-state index contributed by atoms with van der Waals surface area (Å²) in [7, 11) is 0. The summed E-state index contributed by atoms with van der Waals surface area (Å²) in [6.07, 6.45) is -1.66. The molecule has 2 fully saturated rings. The van der Waals surface area contributed by atoms with Gasteiger partial charge in [-0.1, -0.05) is 54.6 Å². The molecule has 0 amide bonds. The van der Waals surface area contributed by atoms with Gasteiger partial charge in [0.05, 0.1) is 28.8 Å². The molecule has 3 aromatic rings. The average molecular weight is 501 g/mol. The van der Waals surface area contributed by atoms with Gasteiger partial charge in [-0.05, 0) is 42.8 Å². The van der Waals surface area contributed by atoms with Gasteiger partial charge in [-0.25, -0.2) is 14.4 Å². The van der Waals surface area contributed by atoms with Crippen LogP contribution in [0, 0.1) is 0 Å². The van der Waals surface area contributed by atoms with E-state index in [9.17, 15) is 14.4 Å². The Morgan fingerprint density at radius 3 is 1.57 bits per heavy atom. The molecule has 0 spiro atoms. The van der Waals surface area contributed by atoms with Crippen molar-refractivity contribution in [3.8, 4) is 0 Å². The second-order valence-electron chi connectivity index (χ2n) is 9.21. The van der Waals surface area contributed by atoms with Crippen LogP contribution < -0.4 is 5.73 Å². The number of hydrogen-bond acceptors (Lipinski definition) is 8. The smallest absolute Gasteiger partial charge is 0.338 e. The maximum Gasteiger partial charge on any atom is 0.338 e. The summed E-state index contributed by atoms with van der Waals surface area (Å²) in [5, 5.41) is 0. The van der Waals surface area contributed by atoms with Crippen molar-refractivity contribution in [3.05, 3.63) is 108 Å². The lowest BCUT2D eigenvalue weighted by molar-refractivity contribution is -0.0963. The lowest BCUT2D eigenvalue weighted by atomic mass is 9.90. The van der Waals surface area contributed by atoms with Crippen LogP contribution in [0.2, 0.25) is 0 Å². The molecule has 2 aliphatic rings. The first-order valence-electron chi connectivity index (χ1n) is 12.3. The Labute approximate surface area is 214 Å². The van der Waals surface area contributed by atoms with E-state index >= 15 is 0 Å². The molecule has 2 saturated heterocycles. The number of carbonyl (C=O) groups excluding carboxylic acids is 3. The molecule has 0 saturated carbocycles. The highest BCUT2D eigenvalue weighted by atomic mass is 16.6. The van der Waals surface area contributed by atoms with E-state index < -0.39 is 48.3 Å². The monoisotopic (exact) mass is 500 g/mol. The Hall–Kier alpha value is -4.01. The number of nitrogens with zero attached hydrogens (tertiary/aromatic N) is 1. The third-order valence-electron chi connectivity index (χ3n) is 6.85. The Bertz CT molecular complexity index is 1240. The van der Waals surface area contributed by atoms with Crippen LogP contribution in [-0.2, 0) is 14.2 Å². The van der Waals surface area contributed by atoms with Gasteiger partial charge in [0.25, 0.3) is 0 Å². The molecule has 0 aromatic heterocycles. The summed E-state index contributed by atoms with van der Waals surface area (Å²) in [5.74, 6) is -1.52. The summed E-state index contributed by atoms with van der Waals surface area (Å²) in [5.41, 5.74) is 7.91. The molecule has 2 aliphatic heterocycles. The summed E-state index contributed by atoms with van der Waals surface area (Å²) in [6.45, 7) is 0.896. The number of carbonyl (C=O) groups is 3. The highest BCUT2D eigenvalue weighted by molar-refractivity contribution is 5.91. The van der Waals surface area contributed by atoms with Crippen molar-refractivity contribution >= 4 is 17.9 Å². The molecular weight excluding hydrogens is 472 g/mol. The molecule has 2 N–H and O–H groups in total. The van der Waals surface area contributed by atoms with Crippen LogP contribution in [0.4, 0.5) is 0 Å². The number of esters is 3. The molecule has 0 bridgehead atoms. The molecule has 5 atom stereocenters. The quantitative estimate of drug-likeness (QED) is 0.406. The minimum absolute atomic E-state index is 0.295. The molecule has 190 valence electrons. The second kappa shape index (κ2) is 10.9. The summed E-state index contributed by atoms with van der Waals surface area (Å²) in [4.78, 5) is 40.7. The second-order valence-corrected chi connectivity index (χ2v) is 9.21. The van der Waals surface area contributed by atoms with E-state index in [-0.39, 0.29) is 0 Å². The molecule has 8 nitrogen and oxygen atoms in total. The van der Waals surface area contributed by atoms with E-state index in [1.807, 2.05) is 17.0 Å². The number of piperidine rings is 1. The summed E-state index contributed by atoms with van der Waals surface area (Å²) >= 11 is 0. The molecule has 0 aliphatic carbocycles. The minimum Gasteiger partial charge on any atom is -0.457 e. The topological polar surface area (TPSA) is 108 Å². The van der Waals surface area contributed by atoms with Crippen LogP contribution in [0.5, 0.6) is 0 Å². The number of fused-ring (bicyclic) bond motifs is 1. The van der Waals surface area contributed by atoms with E-state index in [0.717, 1.165) is 0 Å². The summed E-state index contributed by atoms with van der Waals surface area (Å²) < 4.78 is 17.6. The van der Waals surface area contributed by atoms with Crippen LogP contribution in [0.15, 0.2) is 91.0 Å². The van der Waals surface area contributed by atoms with Crippen molar-refractivity contribution in [2.75, 3.05) is 13.1 Å². The SMILES string of the molecule is N[C@H]1[C@H](OC(=O)c2ccccc2)[C@@H](OC(=O)c2ccccc2)CN2CC[C@H](OC(=O)c3ccccc3)[C@H]12. The third-order valence-corrected chi connectivity index (χ3v) is 6.85. The van der Waals surface area contributed by atoms with Crippen LogP contribution in [0.3, 0.4) is 0 Å². The normalized spacial score (nSPS) is 25.1. The van der Waals surface area contributed by atoms with Crippen LogP contribution in [0.1, 0.15) is 37.5 Å². The highest BCUT2D eigenvalue weighted by Crippen LogP contribution is 2.33. The van der Waals surface area contributed by atoms with E-state index in [2.05, 4.69) is 0 Å². The number of benzene rings is 3. The fourth-order valence-electron chi connectivity index (χ4n) is 5.04. The van der Waals surface area contributed by atoms with Gasteiger partial charge in [0.15, 0.2) is 12.2 Å². The van der Waals surface area contributed by atoms with Crippen molar-refractivity contribution in [2.45, 2.75) is 36.8 Å². The number of nitrogens with two attached hydrogens (primary N) is 1. The average Bonchev–Trinajstić information content (AvgIpc) is 3.34. The predicted octanol–water partition coefficient (Wildman–Crippen LogP) is 3.08. The molecule has 2 heterocycles.